The largest absolute Gasteiger partial charge is 0.392 e. The van der Waals surface area contributed by atoms with E-state index in [0.29, 0.717) is 23.4 Å². The van der Waals surface area contributed by atoms with Crippen LogP contribution >= 0.6 is 12.2 Å². The third-order valence-corrected chi connectivity index (χ3v) is 4.37. The first-order valence-corrected chi connectivity index (χ1v) is 7.34. The first-order valence-electron chi connectivity index (χ1n) is 6.94. The van der Waals surface area contributed by atoms with Gasteiger partial charge in [0.2, 0.25) is 5.91 Å². The maximum atomic E-state index is 12.7. The molecule has 1 saturated carbocycles. The molecule has 0 aromatic rings. The van der Waals surface area contributed by atoms with E-state index in [1.165, 1.54) is 0 Å². The SMILES string of the molecule is CCC(C)(C(=O)N(CCC(C)C)C1CC1)C(N)=S. The fourth-order valence-electron chi connectivity index (χ4n) is 1.98. The van der Waals surface area contributed by atoms with Gasteiger partial charge in [0.25, 0.3) is 0 Å². The highest BCUT2D eigenvalue weighted by molar-refractivity contribution is 7.80. The number of hydrogen-bond donors (Lipinski definition) is 1. The molecule has 1 aliphatic rings. The minimum absolute atomic E-state index is 0.126. The van der Waals surface area contributed by atoms with Gasteiger partial charge in [-0.25, -0.2) is 0 Å². The Hall–Kier alpha value is -0.640. The molecule has 1 aliphatic carbocycles. The van der Waals surface area contributed by atoms with E-state index in [0.717, 1.165) is 25.8 Å². The van der Waals surface area contributed by atoms with Crippen molar-refractivity contribution in [2.45, 2.75) is 59.4 Å². The molecular formula is C14H26N2OS. The van der Waals surface area contributed by atoms with Crippen molar-refractivity contribution in [2.24, 2.45) is 17.1 Å². The van der Waals surface area contributed by atoms with Gasteiger partial charge in [-0.05, 0) is 38.5 Å². The Morgan fingerprint density at radius 2 is 2.06 bits per heavy atom. The van der Waals surface area contributed by atoms with E-state index < -0.39 is 5.41 Å². The molecule has 1 amide bonds. The third-order valence-electron chi connectivity index (χ3n) is 3.92. The van der Waals surface area contributed by atoms with Gasteiger partial charge in [-0.2, -0.15) is 0 Å². The average Bonchev–Trinajstić information content (AvgIpc) is 3.11. The highest BCUT2D eigenvalue weighted by Gasteiger charge is 2.42. The van der Waals surface area contributed by atoms with Gasteiger partial charge in [0.1, 0.15) is 0 Å². The van der Waals surface area contributed by atoms with Crippen LogP contribution in [0.2, 0.25) is 0 Å². The summed E-state index contributed by atoms with van der Waals surface area (Å²) in [7, 11) is 0. The monoisotopic (exact) mass is 270 g/mol. The molecule has 2 N–H and O–H groups in total. The molecule has 1 atom stereocenters. The Morgan fingerprint density at radius 1 is 1.50 bits per heavy atom. The van der Waals surface area contributed by atoms with E-state index in [9.17, 15) is 4.79 Å². The fraction of sp³-hybridized carbons (Fsp3) is 0.857. The number of carbonyl (C=O) groups is 1. The summed E-state index contributed by atoms with van der Waals surface area (Å²) in [5, 5.41) is 0. The highest BCUT2D eigenvalue weighted by Crippen LogP contribution is 2.33. The van der Waals surface area contributed by atoms with Crippen LogP contribution in [-0.2, 0) is 4.79 Å². The van der Waals surface area contributed by atoms with Gasteiger partial charge in [-0.1, -0.05) is 33.0 Å². The second kappa shape index (κ2) is 6.00. The third kappa shape index (κ3) is 3.44. The van der Waals surface area contributed by atoms with E-state index >= 15 is 0 Å². The minimum Gasteiger partial charge on any atom is -0.392 e. The Bertz CT molecular complexity index is 326. The van der Waals surface area contributed by atoms with Crippen molar-refractivity contribution in [3.63, 3.8) is 0 Å². The maximum Gasteiger partial charge on any atom is 0.235 e. The van der Waals surface area contributed by atoms with Crippen LogP contribution in [0.15, 0.2) is 0 Å². The number of rotatable bonds is 7. The summed E-state index contributed by atoms with van der Waals surface area (Å²) >= 11 is 5.10. The Labute approximate surface area is 116 Å². The molecular weight excluding hydrogens is 244 g/mol. The topological polar surface area (TPSA) is 46.3 Å². The first-order chi connectivity index (χ1) is 8.32. The van der Waals surface area contributed by atoms with E-state index in [2.05, 4.69) is 13.8 Å². The number of nitrogens with zero attached hydrogens (tertiary/aromatic N) is 1. The number of amides is 1. The van der Waals surface area contributed by atoms with Crippen LogP contribution in [0.1, 0.15) is 53.4 Å². The number of carbonyl (C=O) groups excluding carboxylic acids is 1. The van der Waals surface area contributed by atoms with Gasteiger partial charge < -0.3 is 10.6 Å². The normalized spacial score (nSPS) is 18.5. The first kappa shape index (κ1) is 15.4. The lowest BCUT2D eigenvalue weighted by atomic mass is 9.85. The lowest BCUT2D eigenvalue weighted by molar-refractivity contribution is -0.138. The van der Waals surface area contributed by atoms with Crippen LogP contribution in [-0.4, -0.2) is 28.4 Å². The predicted molar refractivity (Wildman–Crippen MR) is 79.4 cm³/mol. The fourth-order valence-corrected chi connectivity index (χ4v) is 2.21. The van der Waals surface area contributed by atoms with Gasteiger partial charge in [0.05, 0.1) is 10.4 Å². The van der Waals surface area contributed by atoms with Crippen molar-refractivity contribution in [3.05, 3.63) is 0 Å². The summed E-state index contributed by atoms with van der Waals surface area (Å²) in [5.74, 6) is 0.734. The molecule has 1 unspecified atom stereocenters. The van der Waals surface area contributed by atoms with Gasteiger partial charge in [-0.15, -0.1) is 0 Å². The number of hydrogen-bond acceptors (Lipinski definition) is 2. The summed E-state index contributed by atoms with van der Waals surface area (Å²) < 4.78 is 0. The lowest BCUT2D eigenvalue weighted by Crippen LogP contribution is -2.49. The molecule has 0 heterocycles. The van der Waals surface area contributed by atoms with Crippen molar-refractivity contribution < 1.29 is 4.79 Å². The van der Waals surface area contributed by atoms with Crippen LogP contribution in [0.25, 0.3) is 0 Å². The van der Waals surface area contributed by atoms with Gasteiger partial charge >= 0.3 is 0 Å². The molecule has 0 bridgehead atoms. The van der Waals surface area contributed by atoms with Crippen molar-refractivity contribution >= 4 is 23.1 Å². The second-order valence-corrected chi connectivity index (χ2v) is 6.40. The predicted octanol–water partition coefficient (Wildman–Crippen LogP) is 2.73. The Kier molecular flexibility index (Phi) is 5.14. The zero-order valence-electron chi connectivity index (χ0n) is 12.0. The molecule has 18 heavy (non-hydrogen) atoms. The second-order valence-electron chi connectivity index (χ2n) is 5.96. The Balaban J connectivity index is 2.78. The lowest BCUT2D eigenvalue weighted by Gasteiger charge is -2.33. The molecule has 0 saturated heterocycles. The maximum absolute atomic E-state index is 12.7. The van der Waals surface area contributed by atoms with E-state index in [4.69, 9.17) is 18.0 Å². The summed E-state index contributed by atoms with van der Waals surface area (Å²) in [4.78, 5) is 15.0. The Morgan fingerprint density at radius 3 is 2.39 bits per heavy atom. The summed E-state index contributed by atoms with van der Waals surface area (Å²) in [6, 6.07) is 0.427. The molecule has 0 spiro atoms. The molecule has 0 aromatic carbocycles. The van der Waals surface area contributed by atoms with Crippen LogP contribution in [0.3, 0.4) is 0 Å². The molecule has 0 aliphatic heterocycles. The number of thiocarbonyl (C=S) groups is 1. The van der Waals surface area contributed by atoms with Crippen LogP contribution < -0.4 is 5.73 Å². The molecule has 1 fully saturated rings. The average molecular weight is 270 g/mol. The summed E-state index contributed by atoms with van der Waals surface area (Å²) in [6.07, 6.45) is 3.97. The molecule has 104 valence electrons. The number of nitrogens with two attached hydrogens (primary N) is 1. The molecule has 3 nitrogen and oxygen atoms in total. The highest BCUT2D eigenvalue weighted by atomic mass is 32.1. The minimum atomic E-state index is -0.672. The smallest absolute Gasteiger partial charge is 0.235 e. The summed E-state index contributed by atoms with van der Waals surface area (Å²) in [6.45, 7) is 9.05. The van der Waals surface area contributed by atoms with Crippen molar-refractivity contribution in [3.8, 4) is 0 Å². The van der Waals surface area contributed by atoms with Gasteiger partial charge in [0, 0.05) is 12.6 Å². The molecule has 4 heteroatoms. The molecule has 0 radical (unpaired) electrons. The van der Waals surface area contributed by atoms with Crippen LogP contribution in [0.5, 0.6) is 0 Å². The van der Waals surface area contributed by atoms with Gasteiger partial charge in [0.15, 0.2) is 0 Å². The molecule has 1 rings (SSSR count). The van der Waals surface area contributed by atoms with E-state index in [-0.39, 0.29) is 5.91 Å². The van der Waals surface area contributed by atoms with Gasteiger partial charge in [-0.3, -0.25) is 4.79 Å². The van der Waals surface area contributed by atoms with Crippen LogP contribution in [0, 0.1) is 11.3 Å². The quantitative estimate of drug-likeness (QED) is 0.724. The summed E-state index contributed by atoms with van der Waals surface area (Å²) in [5.41, 5.74) is 5.11. The van der Waals surface area contributed by atoms with Crippen molar-refractivity contribution in [1.82, 2.24) is 4.90 Å². The standard InChI is InChI=1S/C14H26N2OS/c1-5-14(4,12(15)18)13(17)16(11-6-7-11)9-8-10(2)3/h10-11H,5-9H2,1-4H3,(H2,15,18). The van der Waals surface area contributed by atoms with E-state index in [1.807, 2.05) is 18.7 Å². The zero-order chi connectivity index (χ0) is 13.9. The van der Waals surface area contributed by atoms with Crippen molar-refractivity contribution in [2.75, 3.05) is 6.54 Å². The van der Waals surface area contributed by atoms with E-state index in [1.54, 1.807) is 0 Å². The van der Waals surface area contributed by atoms with Crippen LogP contribution in [0.4, 0.5) is 0 Å². The molecule has 0 aromatic heterocycles. The zero-order valence-corrected chi connectivity index (χ0v) is 12.8. The van der Waals surface area contributed by atoms with Crippen molar-refractivity contribution in [1.29, 1.82) is 0 Å².